The normalized spacial score (nSPS) is 12.9. The van der Waals surface area contributed by atoms with Crippen LogP contribution in [0.1, 0.15) is 11.1 Å². The van der Waals surface area contributed by atoms with E-state index in [-0.39, 0.29) is 13.4 Å². The minimum atomic E-state index is -0.178. The molecule has 0 saturated heterocycles. The number of para-hydroxylation sites is 2. The van der Waals surface area contributed by atoms with Crippen LogP contribution in [0, 0.1) is 22.7 Å². The van der Waals surface area contributed by atoms with Gasteiger partial charge < -0.3 is 9.47 Å². The molecule has 0 radical (unpaired) electrons. The average molecular weight is 909 g/mol. The number of hydrogen-bond donors (Lipinski definition) is 0. The van der Waals surface area contributed by atoms with Crippen LogP contribution in [0.4, 0.5) is 0 Å². The maximum Gasteiger partial charge on any atom is 0.252 e. The minimum Gasteiger partial charge on any atom is -0.458 e. The van der Waals surface area contributed by atoms with Crippen molar-refractivity contribution in [2.24, 2.45) is 0 Å². The molecule has 0 fully saturated rings. The molecule has 0 amide bonds. The van der Waals surface area contributed by atoms with Crippen molar-refractivity contribution in [3.8, 4) is 102 Å². The molecule has 0 unspecified atom stereocenters. The van der Waals surface area contributed by atoms with E-state index in [1.54, 1.807) is 0 Å². The van der Waals surface area contributed by atoms with Gasteiger partial charge in [-0.3, -0.25) is 0 Å². The summed E-state index contributed by atoms with van der Waals surface area (Å²) in [6.07, 6.45) is 0. The molecule has 72 heavy (non-hydrogen) atoms. The molecule has 6 heteroatoms. The molecule has 0 aliphatic carbocycles. The number of hydrogen-bond acceptors (Lipinski definition) is 4. The van der Waals surface area contributed by atoms with E-state index in [1.807, 2.05) is 24.3 Å². The number of rotatable bonds is 4. The Morgan fingerprint density at radius 3 is 1.11 bits per heavy atom. The molecule has 0 aromatic heterocycles. The highest BCUT2D eigenvalue weighted by Crippen LogP contribution is 2.52. The number of nitriles is 2. The molecule has 0 atom stereocenters. The van der Waals surface area contributed by atoms with Crippen LogP contribution in [-0.4, -0.2) is 13.4 Å². The summed E-state index contributed by atoms with van der Waals surface area (Å²) >= 11 is 0. The molecular weight excluding hydrogens is 874 g/mol. The smallest absolute Gasteiger partial charge is 0.252 e. The van der Waals surface area contributed by atoms with Crippen molar-refractivity contribution in [3.63, 3.8) is 0 Å². The number of ether oxygens (including phenoxy) is 2. The van der Waals surface area contributed by atoms with Crippen LogP contribution in [-0.2, 0) is 0 Å². The average Bonchev–Trinajstić information content (AvgIpc) is 3.45. The van der Waals surface area contributed by atoms with Crippen molar-refractivity contribution >= 4 is 78.5 Å². The summed E-state index contributed by atoms with van der Waals surface area (Å²) in [7, 11) is 0. The van der Waals surface area contributed by atoms with Gasteiger partial charge in [0.1, 0.15) is 23.0 Å². The highest BCUT2D eigenvalue weighted by Gasteiger charge is 2.44. The standard InChI is InChI=1S/C66H34B2N2O2/c69-35-37-27-51-47-31-45(43-21-9-7-19-41(43)39-15-3-1-4-16-39)49-33-55-62-48(52-28-38(36-70)30-60-66(52)67(55)53-23-11-13-25-57(53)72-60)32-46(44-22-10-8-20-42(44)40-17-5-2-6-18-40)50-34-56(61(47)63(49)64(50)62)68-54-24-12-14-26-58(54)71-59(29-37)65(51)68/h1-34H. The second kappa shape index (κ2) is 14.5. The van der Waals surface area contributed by atoms with Gasteiger partial charge in [0.2, 0.25) is 0 Å². The van der Waals surface area contributed by atoms with Gasteiger partial charge in [-0.2, -0.15) is 10.5 Å². The Morgan fingerprint density at radius 2 is 0.681 bits per heavy atom. The predicted octanol–water partition coefficient (Wildman–Crippen LogP) is 12.2. The summed E-state index contributed by atoms with van der Waals surface area (Å²) < 4.78 is 13.7. The highest BCUT2D eigenvalue weighted by atomic mass is 16.5. The third kappa shape index (κ3) is 5.20. The van der Waals surface area contributed by atoms with Crippen molar-refractivity contribution in [1.29, 1.82) is 10.5 Å². The Kier molecular flexibility index (Phi) is 7.89. The summed E-state index contributed by atoms with van der Waals surface area (Å²) in [5, 5.41) is 28.5. The fourth-order valence-electron chi connectivity index (χ4n) is 13.2. The molecule has 16 rings (SSSR count). The highest BCUT2D eigenvalue weighted by molar-refractivity contribution is 7.01. The van der Waals surface area contributed by atoms with E-state index in [9.17, 15) is 10.5 Å². The van der Waals surface area contributed by atoms with Gasteiger partial charge in [0.05, 0.1) is 23.3 Å². The van der Waals surface area contributed by atoms with Gasteiger partial charge in [-0.15, -0.1) is 0 Å². The van der Waals surface area contributed by atoms with Gasteiger partial charge in [-0.05, 0) is 169 Å². The Morgan fingerprint density at radius 1 is 0.292 bits per heavy atom. The molecule has 0 bridgehead atoms. The predicted molar refractivity (Wildman–Crippen MR) is 295 cm³/mol. The number of benzene rings is 12. The fraction of sp³-hybridized carbons (Fsp3) is 0. The van der Waals surface area contributed by atoms with E-state index in [2.05, 4.69) is 194 Å². The van der Waals surface area contributed by atoms with Crippen LogP contribution in [0.15, 0.2) is 206 Å². The molecular formula is C66H34B2N2O2. The molecule has 0 spiro atoms. The monoisotopic (exact) mass is 908 g/mol. The minimum absolute atomic E-state index is 0.178. The van der Waals surface area contributed by atoms with Crippen molar-refractivity contribution in [2.75, 3.05) is 0 Å². The largest absolute Gasteiger partial charge is 0.458 e. The topological polar surface area (TPSA) is 66.0 Å². The molecule has 326 valence electrons. The SMILES string of the molecule is N#Cc1cc2c3c(c1)-c1cc(-c4ccccc4-c4ccccc4)c4cc5c6c(cc(-c7ccccc7-c7ccccc7)c7cc(c1c4c76)B3c1ccccc1O2)-c1cc(C#N)cc2c1B5c1ccccc1O2. The van der Waals surface area contributed by atoms with Crippen molar-refractivity contribution in [1.82, 2.24) is 0 Å². The zero-order valence-electron chi connectivity index (χ0n) is 38.5. The van der Waals surface area contributed by atoms with Crippen LogP contribution in [0.25, 0.3) is 99.1 Å². The van der Waals surface area contributed by atoms with Crippen LogP contribution in [0.3, 0.4) is 0 Å². The number of nitrogens with zero attached hydrogens (tertiary/aromatic N) is 2. The summed E-state index contributed by atoms with van der Waals surface area (Å²) in [5.41, 5.74) is 21.1. The Bertz CT molecular complexity index is 4210. The van der Waals surface area contributed by atoms with Gasteiger partial charge in [-0.25, -0.2) is 0 Å². The lowest BCUT2D eigenvalue weighted by Gasteiger charge is -2.37. The molecule has 4 aliphatic heterocycles. The van der Waals surface area contributed by atoms with E-state index in [0.29, 0.717) is 11.1 Å². The van der Waals surface area contributed by atoms with Crippen molar-refractivity contribution in [2.45, 2.75) is 0 Å². The van der Waals surface area contributed by atoms with E-state index >= 15 is 0 Å². The van der Waals surface area contributed by atoms with Crippen LogP contribution in [0.2, 0.25) is 0 Å². The first-order valence-electron chi connectivity index (χ1n) is 24.5. The first kappa shape index (κ1) is 39.3. The molecule has 4 heterocycles. The Balaban J connectivity index is 1.17. The van der Waals surface area contributed by atoms with Gasteiger partial charge in [-0.1, -0.05) is 169 Å². The third-order valence-electron chi connectivity index (χ3n) is 16.0. The van der Waals surface area contributed by atoms with Crippen LogP contribution in [0.5, 0.6) is 23.0 Å². The molecule has 12 aromatic rings. The van der Waals surface area contributed by atoms with E-state index in [4.69, 9.17) is 9.47 Å². The van der Waals surface area contributed by atoms with Gasteiger partial charge >= 0.3 is 0 Å². The first-order valence-corrected chi connectivity index (χ1v) is 24.5. The summed E-state index contributed by atoms with van der Waals surface area (Å²) in [4.78, 5) is 0. The molecule has 4 aliphatic rings. The fourth-order valence-corrected chi connectivity index (χ4v) is 13.2. The second-order valence-corrected chi connectivity index (χ2v) is 19.5. The van der Waals surface area contributed by atoms with Crippen molar-refractivity contribution in [3.05, 3.63) is 217 Å². The Hall–Kier alpha value is -9.61. The quantitative estimate of drug-likeness (QED) is 0.130. The lowest BCUT2D eigenvalue weighted by molar-refractivity contribution is 0.487. The van der Waals surface area contributed by atoms with E-state index < -0.39 is 0 Å². The summed E-state index contributed by atoms with van der Waals surface area (Å²) in [5.74, 6) is 3.04. The molecule has 12 aromatic carbocycles. The Labute approximate surface area is 415 Å². The maximum atomic E-state index is 10.7. The van der Waals surface area contributed by atoms with Gasteiger partial charge in [0.25, 0.3) is 13.4 Å². The zero-order valence-corrected chi connectivity index (χ0v) is 38.5. The van der Waals surface area contributed by atoms with Crippen LogP contribution < -0.4 is 42.3 Å². The lowest BCUT2D eigenvalue weighted by atomic mass is 9.31. The van der Waals surface area contributed by atoms with Crippen molar-refractivity contribution < 1.29 is 9.47 Å². The maximum absolute atomic E-state index is 10.7. The number of fused-ring (bicyclic) bond motifs is 8. The van der Waals surface area contributed by atoms with E-state index in [1.165, 1.54) is 32.5 Å². The molecule has 0 saturated carbocycles. The lowest BCUT2D eigenvalue weighted by Crippen LogP contribution is -2.58. The summed E-state index contributed by atoms with van der Waals surface area (Å²) in [6.45, 7) is -0.357. The third-order valence-corrected chi connectivity index (χ3v) is 16.0. The summed E-state index contributed by atoms with van der Waals surface area (Å²) in [6, 6.07) is 78.7. The zero-order chi connectivity index (χ0) is 47.3. The first-order chi connectivity index (χ1) is 35.6. The molecule has 0 N–H and O–H groups in total. The van der Waals surface area contributed by atoms with Gasteiger partial charge in [0, 0.05) is 0 Å². The second-order valence-electron chi connectivity index (χ2n) is 19.5. The van der Waals surface area contributed by atoms with Crippen LogP contribution >= 0.6 is 0 Å². The molecule has 4 nitrogen and oxygen atoms in total. The van der Waals surface area contributed by atoms with Gasteiger partial charge in [0.15, 0.2) is 0 Å². The van der Waals surface area contributed by atoms with E-state index in [0.717, 1.165) is 122 Å².